The van der Waals surface area contributed by atoms with Crippen molar-refractivity contribution in [1.82, 2.24) is 18.7 Å². The molecule has 0 spiro atoms. The van der Waals surface area contributed by atoms with Crippen LogP contribution in [0.4, 0.5) is 5.95 Å². The predicted molar refractivity (Wildman–Crippen MR) is 137 cm³/mol. The summed E-state index contributed by atoms with van der Waals surface area (Å²) < 4.78 is 9.53. The Kier molecular flexibility index (Phi) is 6.93. The number of hydrogen-bond acceptors (Lipinski definition) is 8. The minimum Gasteiger partial charge on any atom is -0.508 e. The zero-order valence-corrected chi connectivity index (χ0v) is 20.5. The van der Waals surface area contributed by atoms with Gasteiger partial charge in [0.1, 0.15) is 24.2 Å². The molecule has 0 amide bonds. The molecule has 0 saturated carbocycles. The van der Waals surface area contributed by atoms with Gasteiger partial charge in [0.15, 0.2) is 11.2 Å². The number of aromatic nitrogens is 4. The highest BCUT2D eigenvalue weighted by atomic mass is 16.5. The number of hydrazone groups is 1. The van der Waals surface area contributed by atoms with Gasteiger partial charge in [0.2, 0.25) is 5.95 Å². The van der Waals surface area contributed by atoms with Gasteiger partial charge in [-0.25, -0.2) is 10.2 Å². The van der Waals surface area contributed by atoms with E-state index in [2.05, 4.69) is 15.5 Å². The van der Waals surface area contributed by atoms with Crippen LogP contribution in [-0.4, -0.2) is 47.3 Å². The molecule has 0 bridgehead atoms. The lowest BCUT2D eigenvalue weighted by atomic mass is 10.1. The lowest BCUT2D eigenvalue weighted by molar-refractivity contribution is 0.0935. The molecule has 4 aromatic rings. The molecular formula is C25H28N6O5. The monoisotopic (exact) mass is 492 g/mol. The molecule has 188 valence electrons. The smallest absolute Gasteiger partial charge is 0.332 e. The highest BCUT2D eigenvalue weighted by Gasteiger charge is 2.21. The normalized spacial score (nSPS) is 12.6. The van der Waals surface area contributed by atoms with Crippen LogP contribution in [0, 0.1) is 6.92 Å². The summed E-state index contributed by atoms with van der Waals surface area (Å²) >= 11 is 0. The van der Waals surface area contributed by atoms with Gasteiger partial charge in [-0.3, -0.25) is 13.9 Å². The molecule has 0 radical (unpaired) electrons. The van der Waals surface area contributed by atoms with E-state index in [0.717, 1.165) is 15.7 Å². The van der Waals surface area contributed by atoms with E-state index in [-0.39, 0.29) is 36.0 Å². The Morgan fingerprint density at radius 3 is 2.50 bits per heavy atom. The van der Waals surface area contributed by atoms with Gasteiger partial charge < -0.3 is 19.5 Å². The van der Waals surface area contributed by atoms with E-state index in [4.69, 9.17) is 4.74 Å². The van der Waals surface area contributed by atoms with Crippen LogP contribution in [0.3, 0.4) is 0 Å². The summed E-state index contributed by atoms with van der Waals surface area (Å²) in [7, 11) is 2.91. The average Bonchev–Trinajstić information content (AvgIpc) is 3.22. The van der Waals surface area contributed by atoms with Crippen LogP contribution >= 0.6 is 0 Å². The van der Waals surface area contributed by atoms with E-state index in [1.54, 1.807) is 31.2 Å². The largest absolute Gasteiger partial charge is 0.508 e. The van der Waals surface area contributed by atoms with Crippen molar-refractivity contribution < 1.29 is 14.9 Å². The molecule has 11 heteroatoms. The summed E-state index contributed by atoms with van der Waals surface area (Å²) in [6, 6.07) is 14.0. The van der Waals surface area contributed by atoms with E-state index >= 15 is 0 Å². The first-order chi connectivity index (χ1) is 17.2. The summed E-state index contributed by atoms with van der Waals surface area (Å²) in [6.07, 6.45) is -0.994. The molecule has 0 aliphatic rings. The maximum atomic E-state index is 13.0. The Hall–Kier alpha value is -4.38. The number of ether oxygens (including phenoxy) is 1. The number of imidazole rings is 1. The second kappa shape index (κ2) is 10.1. The zero-order valence-electron chi connectivity index (χ0n) is 20.5. The molecule has 2 aromatic carbocycles. The SMILES string of the molecule is CC(=NNc1nc2c(c(=O)n(C)c(=O)n2C)n1CC(O)COc1ccccc1C)c1ccc(O)cc1. The quantitative estimate of drug-likeness (QED) is 0.252. The number of benzene rings is 2. The molecule has 0 aliphatic carbocycles. The van der Waals surface area contributed by atoms with Crippen LogP contribution in [0.5, 0.6) is 11.5 Å². The van der Waals surface area contributed by atoms with Crippen molar-refractivity contribution in [3.63, 3.8) is 0 Å². The fourth-order valence-electron chi connectivity index (χ4n) is 3.78. The Balaban J connectivity index is 1.69. The van der Waals surface area contributed by atoms with Crippen molar-refractivity contribution in [1.29, 1.82) is 0 Å². The third-order valence-electron chi connectivity index (χ3n) is 5.87. The third-order valence-corrected chi connectivity index (χ3v) is 5.87. The van der Waals surface area contributed by atoms with Crippen LogP contribution in [0.1, 0.15) is 18.1 Å². The first kappa shape index (κ1) is 24.7. The van der Waals surface area contributed by atoms with Crippen LogP contribution in [0.25, 0.3) is 11.2 Å². The van der Waals surface area contributed by atoms with Crippen LogP contribution in [0.2, 0.25) is 0 Å². The third kappa shape index (κ3) is 4.86. The molecule has 0 saturated heterocycles. The number of aryl methyl sites for hydroxylation is 2. The Labute approximate surface area is 206 Å². The van der Waals surface area contributed by atoms with Gasteiger partial charge in [-0.2, -0.15) is 10.1 Å². The number of phenols is 1. The number of phenolic OH excluding ortho intramolecular Hbond substituents is 1. The number of anilines is 1. The van der Waals surface area contributed by atoms with Crippen LogP contribution in [-0.2, 0) is 20.6 Å². The predicted octanol–water partition coefficient (Wildman–Crippen LogP) is 1.72. The number of nitrogens with one attached hydrogen (secondary N) is 1. The summed E-state index contributed by atoms with van der Waals surface area (Å²) in [6.45, 7) is 3.62. The number of nitrogens with zero attached hydrogens (tertiary/aromatic N) is 5. The van der Waals surface area contributed by atoms with Gasteiger partial charge >= 0.3 is 5.69 Å². The van der Waals surface area contributed by atoms with Gasteiger partial charge in [0, 0.05) is 14.1 Å². The number of aliphatic hydroxyl groups is 1. The van der Waals surface area contributed by atoms with Crippen molar-refractivity contribution in [3.05, 3.63) is 80.5 Å². The maximum absolute atomic E-state index is 13.0. The standard InChI is InChI=1S/C25H28N6O5/c1-15-7-5-6-8-20(15)36-14-19(33)13-31-21-22(29(3)25(35)30(4)23(21)34)26-24(31)28-27-16(2)17-9-11-18(32)12-10-17/h5-12,19,32-33H,13-14H2,1-4H3,(H,26,28). The molecule has 2 aromatic heterocycles. The summed E-state index contributed by atoms with van der Waals surface area (Å²) in [5.41, 5.74) is 4.40. The summed E-state index contributed by atoms with van der Waals surface area (Å²) in [5, 5.41) is 24.7. The fraction of sp³-hybridized carbons (Fsp3) is 0.280. The Morgan fingerprint density at radius 1 is 1.11 bits per heavy atom. The van der Waals surface area contributed by atoms with Crippen LogP contribution < -0.4 is 21.4 Å². The second-order valence-electron chi connectivity index (χ2n) is 8.51. The number of aliphatic hydroxyl groups excluding tert-OH is 1. The molecule has 36 heavy (non-hydrogen) atoms. The highest BCUT2D eigenvalue weighted by molar-refractivity contribution is 5.99. The zero-order chi connectivity index (χ0) is 26.0. The molecule has 1 atom stereocenters. The maximum Gasteiger partial charge on any atom is 0.332 e. The molecule has 0 aliphatic heterocycles. The lowest BCUT2D eigenvalue weighted by Crippen LogP contribution is -2.38. The van der Waals surface area contributed by atoms with Gasteiger partial charge in [0.05, 0.1) is 12.3 Å². The van der Waals surface area contributed by atoms with Crippen molar-refractivity contribution in [2.24, 2.45) is 19.2 Å². The first-order valence-electron chi connectivity index (χ1n) is 11.3. The lowest BCUT2D eigenvalue weighted by Gasteiger charge is -2.16. The van der Waals surface area contributed by atoms with Crippen molar-refractivity contribution in [2.45, 2.75) is 26.5 Å². The minimum absolute atomic E-state index is 0.0220. The minimum atomic E-state index is -0.994. The highest BCUT2D eigenvalue weighted by Crippen LogP contribution is 2.19. The van der Waals surface area contributed by atoms with Gasteiger partial charge in [-0.15, -0.1) is 0 Å². The number of hydrogen-bond donors (Lipinski definition) is 3. The van der Waals surface area contributed by atoms with Gasteiger partial charge in [-0.05, 0) is 55.3 Å². The number of rotatable bonds is 8. The topological polar surface area (TPSA) is 136 Å². The molecule has 2 heterocycles. The van der Waals surface area contributed by atoms with E-state index in [1.165, 1.54) is 23.2 Å². The number of para-hydroxylation sites is 1. The summed E-state index contributed by atoms with van der Waals surface area (Å²) in [5.74, 6) is 0.967. The molecule has 1 unspecified atom stereocenters. The van der Waals surface area contributed by atoms with Crippen molar-refractivity contribution >= 4 is 22.8 Å². The molecule has 3 N–H and O–H groups in total. The fourth-order valence-corrected chi connectivity index (χ4v) is 3.78. The van der Waals surface area contributed by atoms with E-state index in [1.807, 2.05) is 31.2 Å². The van der Waals surface area contributed by atoms with E-state index in [0.29, 0.717) is 11.5 Å². The number of aromatic hydroxyl groups is 1. The molecular weight excluding hydrogens is 464 g/mol. The summed E-state index contributed by atoms with van der Waals surface area (Å²) in [4.78, 5) is 29.9. The molecule has 11 nitrogen and oxygen atoms in total. The Bertz CT molecular complexity index is 1550. The molecule has 0 fully saturated rings. The van der Waals surface area contributed by atoms with E-state index < -0.39 is 17.4 Å². The second-order valence-corrected chi connectivity index (χ2v) is 8.51. The average molecular weight is 493 g/mol. The first-order valence-corrected chi connectivity index (χ1v) is 11.3. The number of fused-ring (bicyclic) bond motifs is 1. The Morgan fingerprint density at radius 2 is 1.81 bits per heavy atom. The van der Waals surface area contributed by atoms with E-state index in [9.17, 15) is 19.8 Å². The van der Waals surface area contributed by atoms with Crippen molar-refractivity contribution in [2.75, 3.05) is 12.0 Å². The van der Waals surface area contributed by atoms with Gasteiger partial charge in [-0.1, -0.05) is 18.2 Å². The van der Waals surface area contributed by atoms with Crippen molar-refractivity contribution in [3.8, 4) is 11.5 Å². The van der Waals surface area contributed by atoms with Crippen LogP contribution in [0.15, 0.2) is 63.2 Å². The van der Waals surface area contributed by atoms with Gasteiger partial charge in [0.25, 0.3) is 5.56 Å². The molecule has 4 rings (SSSR count).